The molecule has 7 heteroatoms. The minimum absolute atomic E-state index is 0.0335. The maximum Gasteiger partial charge on any atom is 0.306 e. The summed E-state index contributed by atoms with van der Waals surface area (Å²) >= 11 is 1.42. The maximum absolute atomic E-state index is 12.1. The molecule has 1 unspecified atom stereocenters. The van der Waals surface area contributed by atoms with Gasteiger partial charge in [0, 0.05) is 23.5 Å². The van der Waals surface area contributed by atoms with Gasteiger partial charge in [0.25, 0.3) is 0 Å². The second-order valence-electron chi connectivity index (χ2n) is 5.68. The first-order valence-corrected chi connectivity index (χ1v) is 8.30. The molecule has 2 rings (SSSR count). The van der Waals surface area contributed by atoms with Crippen LogP contribution in [-0.2, 0) is 14.4 Å². The van der Waals surface area contributed by atoms with E-state index in [1.165, 1.54) is 18.7 Å². The monoisotopic (exact) mass is 336 g/mol. The second-order valence-corrected chi connectivity index (χ2v) is 7.09. The lowest BCUT2D eigenvalue weighted by Gasteiger charge is -2.33. The number of carbonyl (C=O) groups excluding carboxylic acids is 2. The molecule has 1 atom stereocenters. The average Bonchev–Trinajstić information content (AvgIpc) is 2.43. The second kappa shape index (κ2) is 7.50. The van der Waals surface area contributed by atoms with Crippen LogP contribution in [0.15, 0.2) is 29.2 Å². The van der Waals surface area contributed by atoms with E-state index in [0.29, 0.717) is 18.5 Å². The number of carboxylic acids is 1. The molecule has 124 valence electrons. The normalized spacial score (nSPS) is 21.0. The lowest BCUT2D eigenvalue weighted by molar-refractivity contribution is -0.146. The standard InChI is InChI=1S/C16H20N2O4S/c1-9(15(20)18-13-7-11(8-13)16(21)22)23-14-5-3-12(4-6-14)17-10(2)19/h3-6,9,11,13H,7-8H2,1-2H3,(H,17,19)(H,18,20)(H,21,22). The zero-order valence-electron chi connectivity index (χ0n) is 13.0. The molecule has 23 heavy (non-hydrogen) atoms. The lowest BCUT2D eigenvalue weighted by Crippen LogP contribution is -2.48. The summed E-state index contributed by atoms with van der Waals surface area (Å²) in [5.74, 6) is -1.34. The first kappa shape index (κ1) is 17.3. The highest BCUT2D eigenvalue weighted by molar-refractivity contribution is 8.00. The molecule has 0 saturated heterocycles. The van der Waals surface area contributed by atoms with Crippen molar-refractivity contribution in [1.82, 2.24) is 5.32 Å². The number of carbonyl (C=O) groups is 3. The minimum Gasteiger partial charge on any atom is -0.481 e. The van der Waals surface area contributed by atoms with Crippen LogP contribution in [0.4, 0.5) is 5.69 Å². The molecule has 6 nitrogen and oxygen atoms in total. The Hall–Kier alpha value is -2.02. The molecule has 0 radical (unpaired) electrons. The summed E-state index contributed by atoms with van der Waals surface area (Å²) in [5.41, 5.74) is 0.716. The number of thioether (sulfide) groups is 1. The quantitative estimate of drug-likeness (QED) is 0.692. The zero-order chi connectivity index (χ0) is 17.0. The van der Waals surface area contributed by atoms with E-state index in [-0.39, 0.29) is 29.0 Å². The van der Waals surface area contributed by atoms with E-state index in [9.17, 15) is 14.4 Å². The van der Waals surface area contributed by atoms with E-state index in [2.05, 4.69) is 10.6 Å². The number of benzene rings is 1. The summed E-state index contributed by atoms with van der Waals surface area (Å²) in [6, 6.07) is 7.25. The van der Waals surface area contributed by atoms with Crippen LogP contribution in [0.5, 0.6) is 0 Å². The fraction of sp³-hybridized carbons (Fsp3) is 0.438. The van der Waals surface area contributed by atoms with Gasteiger partial charge in [-0.15, -0.1) is 11.8 Å². The highest BCUT2D eigenvalue weighted by atomic mass is 32.2. The van der Waals surface area contributed by atoms with Crippen LogP contribution in [0.1, 0.15) is 26.7 Å². The molecule has 0 spiro atoms. The smallest absolute Gasteiger partial charge is 0.306 e. The van der Waals surface area contributed by atoms with Crippen molar-refractivity contribution in [3.05, 3.63) is 24.3 Å². The number of amides is 2. The molecule has 1 aromatic carbocycles. The molecule has 0 bridgehead atoms. The van der Waals surface area contributed by atoms with Gasteiger partial charge in [-0.2, -0.15) is 0 Å². The van der Waals surface area contributed by atoms with Gasteiger partial charge in [-0.25, -0.2) is 0 Å². The van der Waals surface area contributed by atoms with E-state index in [0.717, 1.165) is 4.90 Å². The Bertz CT molecular complexity index is 597. The van der Waals surface area contributed by atoms with Crippen molar-refractivity contribution in [3.63, 3.8) is 0 Å². The molecule has 0 aromatic heterocycles. The van der Waals surface area contributed by atoms with Gasteiger partial charge in [-0.3, -0.25) is 14.4 Å². The first-order valence-electron chi connectivity index (χ1n) is 7.42. The van der Waals surface area contributed by atoms with Crippen LogP contribution in [0, 0.1) is 5.92 Å². The van der Waals surface area contributed by atoms with Crippen molar-refractivity contribution >= 4 is 35.2 Å². The predicted octanol–water partition coefficient (Wildman–Crippen LogP) is 2.10. The van der Waals surface area contributed by atoms with Crippen LogP contribution in [0.25, 0.3) is 0 Å². The van der Waals surface area contributed by atoms with Crippen molar-refractivity contribution < 1.29 is 19.5 Å². The van der Waals surface area contributed by atoms with Crippen molar-refractivity contribution in [2.24, 2.45) is 5.92 Å². The third-order valence-corrected chi connectivity index (χ3v) is 4.80. The van der Waals surface area contributed by atoms with Gasteiger partial charge < -0.3 is 15.7 Å². The van der Waals surface area contributed by atoms with Gasteiger partial charge >= 0.3 is 5.97 Å². The largest absolute Gasteiger partial charge is 0.481 e. The molecule has 3 N–H and O–H groups in total. The highest BCUT2D eigenvalue weighted by Gasteiger charge is 2.35. The van der Waals surface area contributed by atoms with E-state index in [1.807, 2.05) is 19.1 Å². The average molecular weight is 336 g/mol. The van der Waals surface area contributed by atoms with Gasteiger partial charge in [0.2, 0.25) is 11.8 Å². The lowest BCUT2D eigenvalue weighted by atomic mass is 9.80. The number of anilines is 1. The number of carboxylic acid groups (broad SMARTS) is 1. The Morgan fingerprint density at radius 3 is 2.35 bits per heavy atom. The summed E-state index contributed by atoms with van der Waals surface area (Å²) in [6.07, 6.45) is 1.01. The van der Waals surface area contributed by atoms with Crippen LogP contribution in [0.2, 0.25) is 0 Å². The topological polar surface area (TPSA) is 95.5 Å². The van der Waals surface area contributed by atoms with Crippen molar-refractivity contribution in [2.45, 2.75) is 42.9 Å². The third kappa shape index (κ3) is 4.99. The Kier molecular flexibility index (Phi) is 5.65. The molecule has 1 aliphatic rings. The summed E-state index contributed by atoms with van der Waals surface area (Å²) in [7, 11) is 0. The Labute approximate surface area is 139 Å². The van der Waals surface area contributed by atoms with E-state index >= 15 is 0 Å². The molecule has 0 aliphatic heterocycles. The molecule has 1 saturated carbocycles. The number of aliphatic carboxylic acids is 1. The highest BCUT2D eigenvalue weighted by Crippen LogP contribution is 2.29. The summed E-state index contributed by atoms with van der Waals surface area (Å²) in [6.45, 7) is 3.26. The van der Waals surface area contributed by atoms with Crippen molar-refractivity contribution in [2.75, 3.05) is 5.32 Å². The van der Waals surface area contributed by atoms with E-state index in [4.69, 9.17) is 5.11 Å². The number of rotatable bonds is 6. The van der Waals surface area contributed by atoms with Gasteiger partial charge in [-0.05, 0) is 44.0 Å². The fourth-order valence-corrected chi connectivity index (χ4v) is 3.21. The molecular formula is C16H20N2O4S. The molecular weight excluding hydrogens is 316 g/mol. The Morgan fingerprint density at radius 2 is 1.83 bits per heavy atom. The van der Waals surface area contributed by atoms with Crippen LogP contribution in [0.3, 0.4) is 0 Å². The third-order valence-electron chi connectivity index (χ3n) is 3.69. The molecule has 1 aliphatic carbocycles. The van der Waals surface area contributed by atoms with Crippen LogP contribution in [-0.4, -0.2) is 34.2 Å². The van der Waals surface area contributed by atoms with Gasteiger partial charge in [0.05, 0.1) is 11.2 Å². The molecule has 1 aromatic rings. The Balaban J connectivity index is 1.79. The maximum atomic E-state index is 12.1. The van der Waals surface area contributed by atoms with Gasteiger partial charge in [-0.1, -0.05) is 0 Å². The van der Waals surface area contributed by atoms with Crippen molar-refractivity contribution in [3.8, 4) is 0 Å². The molecule has 0 heterocycles. The SMILES string of the molecule is CC(=O)Nc1ccc(SC(C)C(=O)NC2CC(C(=O)O)C2)cc1. The zero-order valence-corrected chi connectivity index (χ0v) is 13.9. The summed E-state index contributed by atoms with van der Waals surface area (Å²) < 4.78 is 0. The van der Waals surface area contributed by atoms with E-state index < -0.39 is 5.97 Å². The number of hydrogen-bond donors (Lipinski definition) is 3. The summed E-state index contributed by atoms with van der Waals surface area (Å²) in [5, 5.41) is 14.1. The molecule has 1 fully saturated rings. The molecule has 2 amide bonds. The predicted molar refractivity (Wildman–Crippen MR) is 88.4 cm³/mol. The minimum atomic E-state index is -0.794. The fourth-order valence-electron chi connectivity index (χ4n) is 2.33. The van der Waals surface area contributed by atoms with Gasteiger partial charge in [0.15, 0.2) is 0 Å². The Morgan fingerprint density at radius 1 is 1.22 bits per heavy atom. The van der Waals surface area contributed by atoms with E-state index in [1.54, 1.807) is 12.1 Å². The summed E-state index contributed by atoms with van der Waals surface area (Å²) in [4.78, 5) is 34.7. The van der Waals surface area contributed by atoms with Crippen LogP contribution >= 0.6 is 11.8 Å². The number of nitrogens with one attached hydrogen (secondary N) is 2. The van der Waals surface area contributed by atoms with Crippen LogP contribution < -0.4 is 10.6 Å². The van der Waals surface area contributed by atoms with Gasteiger partial charge in [0.1, 0.15) is 0 Å². The number of hydrogen-bond acceptors (Lipinski definition) is 4. The van der Waals surface area contributed by atoms with Crippen molar-refractivity contribution in [1.29, 1.82) is 0 Å². The first-order chi connectivity index (χ1) is 10.8.